The number of aromatic nitrogens is 1. The summed E-state index contributed by atoms with van der Waals surface area (Å²) in [6.45, 7) is 14.2. The van der Waals surface area contributed by atoms with Crippen LogP contribution >= 0.6 is 0 Å². The molecule has 4 aromatic carbocycles. The molecule has 1 aliphatic rings. The summed E-state index contributed by atoms with van der Waals surface area (Å²) in [5.74, 6) is 0.803. The number of fused-ring (bicyclic) bond motifs is 3. The van der Waals surface area contributed by atoms with E-state index in [0.717, 1.165) is 94.4 Å². The van der Waals surface area contributed by atoms with Crippen LogP contribution in [0.3, 0.4) is 0 Å². The highest BCUT2D eigenvalue weighted by Gasteiger charge is 2.19. The van der Waals surface area contributed by atoms with E-state index < -0.39 is 12.3 Å². The third-order valence-electron chi connectivity index (χ3n) is 11.2. The van der Waals surface area contributed by atoms with Gasteiger partial charge in [-0.3, -0.25) is 5.32 Å². The summed E-state index contributed by atoms with van der Waals surface area (Å²) in [5.41, 5.74) is 6.32. The number of rotatable bonds is 22. The molecule has 1 aromatic heterocycles. The Balaban J connectivity index is 0.965. The number of aliphatic hydroxyl groups excluding tert-OH is 2. The van der Waals surface area contributed by atoms with E-state index in [-0.39, 0.29) is 6.61 Å². The molecule has 56 heavy (non-hydrogen) atoms. The third-order valence-corrected chi connectivity index (χ3v) is 11.2. The van der Waals surface area contributed by atoms with Crippen LogP contribution in [-0.4, -0.2) is 85.9 Å². The molecule has 6 rings (SSSR count). The molecule has 1 aliphatic heterocycles. The summed E-state index contributed by atoms with van der Waals surface area (Å²) in [7, 11) is 0. The van der Waals surface area contributed by atoms with Gasteiger partial charge in [-0.15, -0.1) is 0 Å². The Labute approximate surface area is 334 Å². The molecule has 3 atom stereocenters. The van der Waals surface area contributed by atoms with Crippen LogP contribution in [0.2, 0.25) is 0 Å². The standard InChI is InChI=1S/C48H64N5O3/c1-4-51(5-2)29-11-14-37(3)50-48(55)27-33-52-30-12-17-41-34-38(23-25-45(41)52)22-24-40-26-32-53(46-20-9-8-18-43(40)46)31-13-28-49-35-42(54)36-56-47-21-10-16-39-15-6-7-19-44(39)47/h6-10,15-16,18-26,32,34,37,42,48-50,54-55H,4-5,11-14,17,27-31,33,35-36H2,1-3H3/q+1. The first-order valence-electron chi connectivity index (χ1n) is 21.0. The smallest absolute Gasteiger partial charge is 0.213 e. The van der Waals surface area contributed by atoms with E-state index in [0.29, 0.717) is 19.0 Å². The predicted octanol–water partition coefficient (Wildman–Crippen LogP) is 7.43. The largest absolute Gasteiger partial charge is 0.490 e. The van der Waals surface area contributed by atoms with Crippen molar-refractivity contribution in [3.63, 3.8) is 0 Å². The van der Waals surface area contributed by atoms with E-state index in [1.54, 1.807) is 0 Å². The number of anilines is 1. The van der Waals surface area contributed by atoms with Gasteiger partial charge in [0.1, 0.15) is 31.2 Å². The van der Waals surface area contributed by atoms with E-state index in [9.17, 15) is 10.2 Å². The normalized spacial score (nSPS) is 14.8. The Morgan fingerprint density at radius 1 is 0.893 bits per heavy atom. The molecule has 0 bridgehead atoms. The average molecular weight is 759 g/mol. The number of para-hydroxylation sites is 1. The monoisotopic (exact) mass is 759 g/mol. The van der Waals surface area contributed by atoms with Crippen molar-refractivity contribution in [2.24, 2.45) is 0 Å². The van der Waals surface area contributed by atoms with E-state index >= 15 is 0 Å². The van der Waals surface area contributed by atoms with Crippen LogP contribution in [0.15, 0.2) is 97.2 Å². The number of aliphatic hydroxyl groups is 2. The van der Waals surface area contributed by atoms with Gasteiger partial charge in [-0.2, -0.15) is 4.57 Å². The van der Waals surface area contributed by atoms with Gasteiger partial charge in [0.05, 0.1) is 5.39 Å². The topological polar surface area (TPSA) is 84.1 Å². The fourth-order valence-corrected chi connectivity index (χ4v) is 8.01. The minimum absolute atomic E-state index is 0.250. The summed E-state index contributed by atoms with van der Waals surface area (Å²) in [6.07, 6.45) is 11.7. The number of hydrogen-bond acceptors (Lipinski definition) is 7. The van der Waals surface area contributed by atoms with Crippen LogP contribution in [0, 0.1) is 0 Å². The van der Waals surface area contributed by atoms with Gasteiger partial charge in [0, 0.05) is 68.3 Å². The molecule has 0 spiro atoms. The molecular formula is C48H64N5O3+. The maximum absolute atomic E-state index is 10.8. The van der Waals surface area contributed by atoms with Gasteiger partial charge >= 0.3 is 0 Å². The number of pyridine rings is 1. The molecule has 8 nitrogen and oxygen atoms in total. The Kier molecular flexibility index (Phi) is 15.7. The number of nitrogens with one attached hydrogen (secondary N) is 2. The van der Waals surface area contributed by atoms with Gasteiger partial charge in [0.25, 0.3) is 0 Å². The summed E-state index contributed by atoms with van der Waals surface area (Å²) in [4.78, 5) is 4.91. The molecule has 0 aliphatic carbocycles. The van der Waals surface area contributed by atoms with Crippen LogP contribution < -0.4 is 24.8 Å². The maximum atomic E-state index is 10.8. The SMILES string of the molecule is CCN(CC)CCCC(C)NC(O)CCN1CCCc2cc(C=Cc3cc[n+](CCCNCC(O)COc4cccc5ccccc45)c4ccccc34)ccc21. The van der Waals surface area contributed by atoms with Crippen LogP contribution in [0.4, 0.5) is 5.69 Å². The summed E-state index contributed by atoms with van der Waals surface area (Å²) < 4.78 is 8.30. The van der Waals surface area contributed by atoms with Gasteiger partial charge in [0.2, 0.25) is 5.52 Å². The summed E-state index contributed by atoms with van der Waals surface area (Å²) in [6, 6.07) is 32.1. The first kappa shape index (κ1) is 41.3. The lowest BCUT2D eigenvalue weighted by molar-refractivity contribution is -0.671. The van der Waals surface area contributed by atoms with Crippen molar-refractivity contribution in [3.05, 3.63) is 114 Å². The van der Waals surface area contributed by atoms with Crippen LogP contribution in [0.5, 0.6) is 5.75 Å². The zero-order chi connectivity index (χ0) is 39.1. The molecule has 0 saturated heterocycles. The lowest BCUT2D eigenvalue weighted by atomic mass is 9.98. The van der Waals surface area contributed by atoms with E-state index in [4.69, 9.17) is 4.74 Å². The maximum Gasteiger partial charge on any atom is 0.213 e. The van der Waals surface area contributed by atoms with Gasteiger partial charge in [-0.25, -0.2) is 0 Å². The van der Waals surface area contributed by atoms with Crippen molar-refractivity contribution in [3.8, 4) is 5.75 Å². The fraction of sp³-hybridized carbons (Fsp3) is 0.438. The summed E-state index contributed by atoms with van der Waals surface area (Å²) >= 11 is 0. The highest BCUT2D eigenvalue weighted by molar-refractivity contribution is 5.89. The third kappa shape index (κ3) is 11.6. The molecule has 0 fully saturated rings. The van der Waals surface area contributed by atoms with Crippen molar-refractivity contribution in [2.75, 3.05) is 57.3 Å². The Morgan fingerprint density at radius 2 is 1.70 bits per heavy atom. The number of ether oxygens (including phenoxy) is 1. The van der Waals surface area contributed by atoms with Gasteiger partial charge in [-0.1, -0.05) is 80.6 Å². The molecular weight excluding hydrogens is 695 g/mol. The first-order valence-corrected chi connectivity index (χ1v) is 21.0. The molecule has 8 heteroatoms. The second kappa shape index (κ2) is 21.3. The predicted molar refractivity (Wildman–Crippen MR) is 233 cm³/mol. The lowest BCUT2D eigenvalue weighted by Crippen LogP contribution is -2.40. The quantitative estimate of drug-likeness (QED) is 0.0332. The minimum atomic E-state index is -0.587. The minimum Gasteiger partial charge on any atom is -0.490 e. The molecule has 4 N–H and O–H groups in total. The van der Waals surface area contributed by atoms with E-state index in [1.165, 1.54) is 33.3 Å². The number of aryl methyl sites for hydroxylation is 2. The molecule has 0 saturated carbocycles. The molecule has 298 valence electrons. The highest BCUT2D eigenvalue weighted by atomic mass is 16.5. The summed E-state index contributed by atoms with van der Waals surface area (Å²) in [5, 5.41) is 31.6. The van der Waals surface area contributed by atoms with Crippen LogP contribution in [-0.2, 0) is 13.0 Å². The lowest BCUT2D eigenvalue weighted by Gasteiger charge is -2.32. The van der Waals surface area contributed by atoms with E-state index in [1.807, 2.05) is 30.3 Å². The van der Waals surface area contributed by atoms with Crippen LogP contribution in [0.1, 0.15) is 69.6 Å². The molecule has 0 amide bonds. The van der Waals surface area contributed by atoms with Crippen molar-refractivity contribution in [2.45, 2.75) is 84.2 Å². The van der Waals surface area contributed by atoms with Gasteiger partial charge < -0.3 is 30.1 Å². The van der Waals surface area contributed by atoms with Crippen molar-refractivity contribution in [1.82, 2.24) is 15.5 Å². The zero-order valence-electron chi connectivity index (χ0n) is 33.9. The second-order valence-electron chi connectivity index (χ2n) is 15.3. The van der Waals surface area contributed by atoms with Crippen molar-refractivity contribution < 1.29 is 19.5 Å². The molecule has 0 radical (unpaired) electrons. The zero-order valence-corrected chi connectivity index (χ0v) is 33.9. The van der Waals surface area contributed by atoms with Gasteiger partial charge in [0.15, 0.2) is 6.20 Å². The number of hydrogen-bond donors (Lipinski definition) is 4. The molecule has 2 heterocycles. The number of nitrogens with zero attached hydrogens (tertiary/aromatic N) is 3. The second-order valence-corrected chi connectivity index (χ2v) is 15.3. The van der Waals surface area contributed by atoms with E-state index in [2.05, 4.69) is 125 Å². The van der Waals surface area contributed by atoms with Gasteiger partial charge in [-0.05, 0) is 98.6 Å². The number of benzene rings is 4. The Morgan fingerprint density at radius 3 is 2.55 bits per heavy atom. The Hall–Kier alpha value is -4.31. The molecule has 5 aromatic rings. The average Bonchev–Trinajstić information content (AvgIpc) is 3.23. The highest BCUT2D eigenvalue weighted by Crippen LogP contribution is 2.30. The molecule has 3 unspecified atom stereocenters. The van der Waals surface area contributed by atoms with Crippen molar-refractivity contribution >= 4 is 39.5 Å². The Bertz CT molecular complexity index is 1990. The van der Waals surface area contributed by atoms with Crippen molar-refractivity contribution in [1.29, 1.82) is 0 Å². The first-order chi connectivity index (χ1) is 27.4. The fourth-order valence-electron chi connectivity index (χ4n) is 8.01. The van der Waals surface area contributed by atoms with Crippen LogP contribution in [0.25, 0.3) is 33.8 Å².